The van der Waals surface area contributed by atoms with Crippen LogP contribution in [0.1, 0.15) is 49.9 Å². The number of rotatable bonds is 4. The lowest BCUT2D eigenvalue weighted by molar-refractivity contribution is -0.00257. The Kier molecular flexibility index (Phi) is 5.13. The van der Waals surface area contributed by atoms with Gasteiger partial charge in [-0.1, -0.05) is 12.1 Å². The van der Waals surface area contributed by atoms with Crippen LogP contribution in [0.2, 0.25) is 0 Å². The van der Waals surface area contributed by atoms with Crippen molar-refractivity contribution in [3.63, 3.8) is 0 Å². The summed E-state index contributed by atoms with van der Waals surface area (Å²) in [5, 5.41) is 14.0. The maximum Gasteiger partial charge on any atom is 0.251 e. The van der Waals surface area contributed by atoms with Crippen LogP contribution in [0.4, 0.5) is 4.39 Å². The first-order valence-corrected chi connectivity index (χ1v) is 10.1. The molecule has 3 aromatic rings. The van der Waals surface area contributed by atoms with Gasteiger partial charge in [0.15, 0.2) is 5.82 Å². The number of nitrogens with one attached hydrogen (secondary N) is 2. The van der Waals surface area contributed by atoms with E-state index in [0.717, 1.165) is 31.2 Å². The molecule has 0 bridgehead atoms. The van der Waals surface area contributed by atoms with Gasteiger partial charge in [-0.05, 0) is 63.6 Å². The normalized spacial score (nSPS) is 20.0. The van der Waals surface area contributed by atoms with Crippen LogP contribution in [-0.2, 0) is 0 Å². The molecule has 3 N–H and O–H groups in total. The van der Waals surface area contributed by atoms with E-state index in [1.807, 2.05) is 26.0 Å². The molecule has 0 spiro atoms. The van der Waals surface area contributed by atoms with Crippen LogP contribution >= 0.6 is 0 Å². The van der Waals surface area contributed by atoms with Crippen LogP contribution in [0, 0.1) is 11.7 Å². The van der Waals surface area contributed by atoms with Gasteiger partial charge in [0, 0.05) is 28.8 Å². The maximum absolute atomic E-state index is 13.8. The third-order valence-electron chi connectivity index (χ3n) is 6.03. The highest BCUT2D eigenvalue weighted by Gasteiger charge is 2.31. The molecule has 1 aliphatic carbocycles. The predicted molar refractivity (Wildman–Crippen MR) is 111 cm³/mol. The number of hydrogen-bond acceptors (Lipinski definition) is 3. The SMILES string of the molecule is CC(C)(O)[C@H]1CC[C@H](NC(=O)c2ccc(-c3ncc(F)c4[nH]ccc34)cc2)CC1. The standard InChI is InChI=1S/C23H26FN3O2/c1-23(2,29)16-7-9-17(10-8-16)27-22(28)15-5-3-14(4-6-15)20-18-11-12-25-21(18)19(24)13-26-20/h3-6,11-13,16-17,25,29H,7-10H2,1-2H3,(H,27,28)/t16-,17-. The minimum atomic E-state index is -0.663. The van der Waals surface area contributed by atoms with Crippen molar-refractivity contribution in [3.8, 4) is 11.3 Å². The number of pyridine rings is 1. The number of halogens is 1. The smallest absolute Gasteiger partial charge is 0.251 e. The Hall–Kier alpha value is -2.73. The van der Waals surface area contributed by atoms with Crippen LogP contribution in [0.5, 0.6) is 0 Å². The zero-order chi connectivity index (χ0) is 20.6. The Bertz CT molecular complexity index is 1010. The molecular formula is C23H26FN3O2. The van der Waals surface area contributed by atoms with E-state index in [0.29, 0.717) is 22.2 Å². The third-order valence-corrected chi connectivity index (χ3v) is 6.03. The van der Waals surface area contributed by atoms with Crippen LogP contribution in [-0.4, -0.2) is 32.6 Å². The molecule has 1 aliphatic rings. The van der Waals surface area contributed by atoms with Gasteiger partial charge in [0.25, 0.3) is 5.91 Å². The number of nitrogens with zero attached hydrogens (tertiary/aromatic N) is 1. The van der Waals surface area contributed by atoms with Gasteiger partial charge < -0.3 is 15.4 Å². The fourth-order valence-corrected chi connectivity index (χ4v) is 4.24. The highest BCUT2D eigenvalue weighted by Crippen LogP contribution is 2.32. The number of carbonyl (C=O) groups is 1. The lowest BCUT2D eigenvalue weighted by atomic mass is 9.77. The van der Waals surface area contributed by atoms with E-state index < -0.39 is 5.60 Å². The molecule has 2 aromatic heterocycles. The number of aromatic nitrogens is 2. The molecule has 6 heteroatoms. The van der Waals surface area contributed by atoms with E-state index >= 15 is 0 Å². The first-order chi connectivity index (χ1) is 13.8. The molecule has 0 saturated heterocycles. The molecule has 4 rings (SSSR count). The first kappa shape index (κ1) is 19.6. The van der Waals surface area contributed by atoms with Crippen LogP contribution in [0.25, 0.3) is 22.2 Å². The molecule has 29 heavy (non-hydrogen) atoms. The zero-order valence-electron chi connectivity index (χ0n) is 16.7. The number of aromatic amines is 1. The highest BCUT2D eigenvalue weighted by atomic mass is 19.1. The number of carbonyl (C=O) groups excluding carboxylic acids is 1. The summed E-state index contributed by atoms with van der Waals surface area (Å²) < 4.78 is 13.8. The van der Waals surface area contributed by atoms with Crippen molar-refractivity contribution in [2.75, 3.05) is 0 Å². The van der Waals surface area contributed by atoms with Gasteiger partial charge in [0.2, 0.25) is 0 Å². The molecule has 0 radical (unpaired) electrons. The summed E-state index contributed by atoms with van der Waals surface area (Å²) in [7, 11) is 0. The van der Waals surface area contributed by atoms with E-state index in [9.17, 15) is 14.3 Å². The molecule has 2 heterocycles. The Labute approximate surface area is 169 Å². The number of fused-ring (bicyclic) bond motifs is 1. The molecule has 1 aromatic carbocycles. The average molecular weight is 395 g/mol. The van der Waals surface area contributed by atoms with Gasteiger partial charge in [0.05, 0.1) is 23.0 Å². The first-order valence-electron chi connectivity index (χ1n) is 10.1. The lowest BCUT2D eigenvalue weighted by Gasteiger charge is -2.36. The number of amides is 1. The predicted octanol–water partition coefficient (Wildman–Crippen LogP) is 4.43. The van der Waals surface area contributed by atoms with Crippen LogP contribution in [0.15, 0.2) is 42.7 Å². The van der Waals surface area contributed by atoms with E-state index in [1.54, 1.807) is 24.4 Å². The van der Waals surface area contributed by atoms with Crippen molar-refractivity contribution in [2.24, 2.45) is 5.92 Å². The molecule has 1 amide bonds. The van der Waals surface area contributed by atoms with Crippen molar-refractivity contribution in [3.05, 3.63) is 54.1 Å². The summed E-state index contributed by atoms with van der Waals surface area (Å²) in [5.74, 6) is -0.199. The molecular weight excluding hydrogens is 369 g/mol. The summed E-state index contributed by atoms with van der Waals surface area (Å²) in [6.45, 7) is 3.71. The van der Waals surface area contributed by atoms with Gasteiger partial charge in [-0.15, -0.1) is 0 Å². The fourth-order valence-electron chi connectivity index (χ4n) is 4.24. The van der Waals surface area contributed by atoms with Gasteiger partial charge in [0.1, 0.15) is 0 Å². The molecule has 1 saturated carbocycles. The van der Waals surface area contributed by atoms with Crippen molar-refractivity contribution in [1.29, 1.82) is 0 Å². The second kappa shape index (κ2) is 7.59. The number of H-pyrrole nitrogens is 1. The monoisotopic (exact) mass is 395 g/mol. The summed E-state index contributed by atoms with van der Waals surface area (Å²) >= 11 is 0. The molecule has 0 unspecified atom stereocenters. The highest BCUT2D eigenvalue weighted by molar-refractivity contribution is 5.96. The largest absolute Gasteiger partial charge is 0.390 e. The lowest BCUT2D eigenvalue weighted by Crippen LogP contribution is -2.41. The van der Waals surface area contributed by atoms with Crippen LogP contribution in [0.3, 0.4) is 0 Å². The maximum atomic E-state index is 13.8. The molecule has 152 valence electrons. The zero-order valence-corrected chi connectivity index (χ0v) is 16.7. The third kappa shape index (κ3) is 4.03. The van der Waals surface area contributed by atoms with E-state index in [4.69, 9.17) is 0 Å². The molecule has 0 atom stereocenters. The molecule has 1 fully saturated rings. The minimum absolute atomic E-state index is 0.0953. The van der Waals surface area contributed by atoms with Crippen molar-refractivity contribution >= 4 is 16.8 Å². The Morgan fingerprint density at radius 1 is 1.17 bits per heavy atom. The summed E-state index contributed by atoms with van der Waals surface area (Å²) in [6.07, 6.45) is 6.48. The fraction of sp³-hybridized carbons (Fsp3) is 0.391. The van der Waals surface area contributed by atoms with E-state index in [-0.39, 0.29) is 23.7 Å². The second-order valence-corrected chi connectivity index (χ2v) is 8.47. The summed E-state index contributed by atoms with van der Waals surface area (Å²) in [4.78, 5) is 19.7. The van der Waals surface area contributed by atoms with Gasteiger partial charge >= 0.3 is 0 Å². The second-order valence-electron chi connectivity index (χ2n) is 8.47. The van der Waals surface area contributed by atoms with Crippen molar-refractivity contribution in [2.45, 2.75) is 51.2 Å². The van der Waals surface area contributed by atoms with E-state index in [2.05, 4.69) is 15.3 Å². The van der Waals surface area contributed by atoms with Crippen molar-refractivity contribution < 1.29 is 14.3 Å². The van der Waals surface area contributed by atoms with Gasteiger partial charge in [-0.2, -0.15) is 0 Å². The summed E-state index contributed by atoms with van der Waals surface area (Å²) in [6, 6.07) is 9.16. The minimum Gasteiger partial charge on any atom is -0.390 e. The van der Waals surface area contributed by atoms with E-state index in [1.165, 1.54) is 6.20 Å². The van der Waals surface area contributed by atoms with Crippen LogP contribution < -0.4 is 5.32 Å². The topological polar surface area (TPSA) is 78.0 Å². The Morgan fingerprint density at radius 2 is 1.86 bits per heavy atom. The Morgan fingerprint density at radius 3 is 2.52 bits per heavy atom. The van der Waals surface area contributed by atoms with Crippen molar-refractivity contribution in [1.82, 2.24) is 15.3 Å². The summed E-state index contributed by atoms with van der Waals surface area (Å²) in [5.41, 5.74) is 1.87. The number of aliphatic hydroxyl groups is 1. The van der Waals surface area contributed by atoms with Gasteiger partial charge in [-0.25, -0.2) is 4.39 Å². The van der Waals surface area contributed by atoms with Gasteiger partial charge in [-0.3, -0.25) is 9.78 Å². The number of hydrogen-bond donors (Lipinski definition) is 3. The average Bonchev–Trinajstić information content (AvgIpc) is 3.19. The molecule has 5 nitrogen and oxygen atoms in total. The quantitative estimate of drug-likeness (QED) is 0.612. The number of benzene rings is 1. The molecule has 0 aliphatic heterocycles. The Balaban J connectivity index is 1.44.